The summed E-state index contributed by atoms with van der Waals surface area (Å²) in [7, 11) is -10.8. The van der Waals surface area contributed by atoms with Crippen LogP contribution in [0, 0.1) is 0 Å². The molecule has 0 aliphatic rings. The van der Waals surface area contributed by atoms with Crippen LogP contribution in [0.5, 0.6) is 0 Å². The maximum Gasteiger partial charge on any atom is 2.00 e. The molecular weight excluding hydrogens is 430 g/mol. The average Bonchev–Trinajstić information content (AvgIpc) is 1.12. The van der Waals surface area contributed by atoms with E-state index in [4.69, 9.17) is 38.5 Å². The minimum atomic E-state index is -5.39. The second-order valence-corrected chi connectivity index (χ2v) is 2.68. The Morgan fingerprint density at radius 2 is 0.667 bits per heavy atom. The molecule has 0 rings (SSSR count). The molecule has 0 atom stereocenters. The van der Waals surface area contributed by atoms with E-state index < -0.39 is 15.6 Å². The van der Waals surface area contributed by atoms with Crippen molar-refractivity contribution in [2.24, 2.45) is 0 Å². The first kappa shape index (κ1) is 23.3. The molecule has 0 bridgehead atoms. The topological polar surface area (TPSA) is 172 Å². The summed E-state index contributed by atoms with van der Waals surface area (Å²) in [5.74, 6) is 0. The minimum absolute atomic E-state index is 0. The van der Waals surface area contributed by atoms with Crippen LogP contribution in [0.15, 0.2) is 0 Å². The molecule has 0 saturated heterocycles. The van der Waals surface area contributed by atoms with Crippen molar-refractivity contribution in [3.63, 3.8) is 0 Å². The van der Waals surface area contributed by atoms with Crippen LogP contribution < -0.4 is 29.4 Å². The summed E-state index contributed by atoms with van der Waals surface area (Å²) in [6.45, 7) is 0. The zero-order valence-corrected chi connectivity index (χ0v) is 10.7. The predicted octanol–water partition coefficient (Wildman–Crippen LogP) is -5.65. The second-order valence-electron chi connectivity index (χ2n) is 0.894. The number of phosphoric acid groups is 2. The molecule has 0 spiro atoms. The zero-order valence-electron chi connectivity index (χ0n) is 4.92. The fraction of sp³-hybridized carbons (Fsp3) is 0. The summed E-state index contributed by atoms with van der Waals surface area (Å²) < 4.78 is 17.1. The maximum atomic E-state index is 8.55. The Morgan fingerprint density at radius 1 is 0.667 bits per heavy atom. The summed E-state index contributed by atoms with van der Waals surface area (Å²) >= 11 is 0. The van der Waals surface area contributed by atoms with Gasteiger partial charge in [-0.2, -0.15) is 15.6 Å². The van der Waals surface area contributed by atoms with Gasteiger partial charge in [0.05, 0.1) is 0 Å². The monoisotopic (exact) mass is 430 g/mol. The Bertz CT molecular complexity index is 129. The van der Waals surface area contributed by atoms with Crippen LogP contribution >= 0.6 is 15.6 Å². The SMILES string of the molecule is O=P([O-])([O-])[O-].O=P([O-])([O-])[O-].[Fe+2].[W]. The van der Waals surface area contributed by atoms with E-state index in [1.54, 1.807) is 0 Å². The molecule has 0 fully saturated rings. The van der Waals surface area contributed by atoms with Crippen molar-refractivity contribution in [2.45, 2.75) is 0 Å². The molecule has 0 saturated carbocycles. The molecular formula is FeO8P2W-4. The zero-order chi connectivity index (χ0) is 9.00. The Hall–Kier alpha value is 1.43. The Morgan fingerprint density at radius 3 is 0.667 bits per heavy atom. The van der Waals surface area contributed by atoms with Crippen molar-refractivity contribution in [2.75, 3.05) is 0 Å². The van der Waals surface area contributed by atoms with Crippen LogP contribution in [0.25, 0.3) is 0 Å². The van der Waals surface area contributed by atoms with Crippen LogP contribution in [0.2, 0.25) is 0 Å². The third-order valence-corrected chi connectivity index (χ3v) is 0. The van der Waals surface area contributed by atoms with Crippen molar-refractivity contribution in [1.82, 2.24) is 0 Å². The van der Waals surface area contributed by atoms with Crippen molar-refractivity contribution in [3.8, 4) is 0 Å². The van der Waals surface area contributed by atoms with Gasteiger partial charge in [-0.1, -0.05) is 0 Å². The third kappa shape index (κ3) is 610. The van der Waals surface area contributed by atoms with Gasteiger partial charge in [-0.15, -0.1) is 0 Å². The summed E-state index contributed by atoms with van der Waals surface area (Å²) in [6.07, 6.45) is 0. The molecule has 8 nitrogen and oxygen atoms in total. The minimum Gasteiger partial charge on any atom is -0.822 e. The fourth-order valence-corrected chi connectivity index (χ4v) is 0. The van der Waals surface area contributed by atoms with Crippen LogP contribution in [-0.2, 0) is 47.3 Å². The Kier molecular flexibility index (Phi) is 17.5. The van der Waals surface area contributed by atoms with Gasteiger partial charge in [0.25, 0.3) is 0 Å². The molecule has 12 heteroatoms. The Labute approximate surface area is 92.2 Å². The number of rotatable bonds is 0. The van der Waals surface area contributed by atoms with E-state index in [-0.39, 0.29) is 38.1 Å². The summed E-state index contributed by atoms with van der Waals surface area (Å²) in [4.78, 5) is 51.3. The summed E-state index contributed by atoms with van der Waals surface area (Å²) in [5.41, 5.74) is 0. The van der Waals surface area contributed by atoms with E-state index in [9.17, 15) is 0 Å². The summed E-state index contributed by atoms with van der Waals surface area (Å²) in [6, 6.07) is 0. The smallest absolute Gasteiger partial charge is 0.822 e. The average molecular weight is 430 g/mol. The predicted molar refractivity (Wildman–Crippen MR) is 15.2 cm³/mol. The van der Waals surface area contributed by atoms with E-state index in [2.05, 4.69) is 0 Å². The summed E-state index contributed by atoms with van der Waals surface area (Å²) in [5, 5.41) is 0. The van der Waals surface area contributed by atoms with Gasteiger partial charge in [-0.05, 0) is 0 Å². The molecule has 0 aromatic rings. The van der Waals surface area contributed by atoms with E-state index in [0.717, 1.165) is 0 Å². The van der Waals surface area contributed by atoms with Crippen LogP contribution in [0.4, 0.5) is 0 Å². The van der Waals surface area contributed by atoms with Gasteiger partial charge < -0.3 is 38.5 Å². The second kappa shape index (κ2) is 9.00. The molecule has 12 heavy (non-hydrogen) atoms. The third-order valence-electron chi connectivity index (χ3n) is 0. The molecule has 0 unspecified atom stereocenters. The van der Waals surface area contributed by atoms with Crippen molar-refractivity contribution in [1.29, 1.82) is 0 Å². The van der Waals surface area contributed by atoms with Crippen LogP contribution in [-0.4, -0.2) is 0 Å². The van der Waals surface area contributed by atoms with Crippen LogP contribution in [0.1, 0.15) is 0 Å². The number of hydrogen-bond donors (Lipinski definition) is 0. The van der Waals surface area contributed by atoms with Gasteiger partial charge in [0, 0.05) is 21.1 Å². The van der Waals surface area contributed by atoms with Gasteiger partial charge >= 0.3 is 17.1 Å². The van der Waals surface area contributed by atoms with Crippen LogP contribution in [0.3, 0.4) is 0 Å². The molecule has 0 aromatic carbocycles. The molecule has 0 amide bonds. The number of hydrogen-bond acceptors (Lipinski definition) is 8. The first-order chi connectivity index (χ1) is 4.00. The fourth-order valence-electron chi connectivity index (χ4n) is 0. The van der Waals surface area contributed by atoms with Gasteiger partial charge in [-0.25, -0.2) is 0 Å². The van der Waals surface area contributed by atoms with Crippen molar-refractivity contribution >= 4 is 15.6 Å². The first-order valence-corrected chi connectivity index (χ1v) is 4.38. The molecule has 0 N–H and O–H groups in total. The molecule has 0 heterocycles. The van der Waals surface area contributed by atoms with E-state index in [1.807, 2.05) is 0 Å². The Balaban J connectivity index is -0.0000000457. The molecule has 0 aliphatic heterocycles. The molecule has 0 aliphatic carbocycles. The molecule has 0 radical (unpaired) electrons. The van der Waals surface area contributed by atoms with Gasteiger partial charge in [0.1, 0.15) is 0 Å². The van der Waals surface area contributed by atoms with Crippen molar-refractivity contribution < 1.29 is 76.6 Å². The van der Waals surface area contributed by atoms with E-state index >= 15 is 0 Å². The van der Waals surface area contributed by atoms with Crippen molar-refractivity contribution in [3.05, 3.63) is 0 Å². The van der Waals surface area contributed by atoms with Gasteiger partial charge in [-0.3, -0.25) is 0 Å². The standard InChI is InChI=1S/Fe.2H3O4P.W/c;2*1-5(2,3)4;/h;2*(H3,1,2,3,4);/q+2;;;/p-6. The van der Waals surface area contributed by atoms with Gasteiger partial charge in [0.15, 0.2) is 0 Å². The van der Waals surface area contributed by atoms with Gasteiger partial charge in [0.2, 0.25) is 0 Å². The largest absolute Gasteiger partial charge is 2.00 e. The first-order valence-electron chi connectivity index (χ1n) is 1.46. The molecule has 0 aromatic heterocycles. The molecule has 76 valence electrons. The van der Waals surface area contributed by atoms with E-state index in [0.29, 0.717) is 0 Å². The quantitative estimate of drug-likeness (QED) is 0.270. The maximum absolute atomic E-state index is 8.55. The normalized spacial score (nSPS) is 9.83. The van der Waals surface area contributed by atoms with E-state index in [1.165, 1.54) is 0 Å².